The van der Waals surface area contributed by atoms with E-state index in [1.54, 1.807) is 10.3 Å². The van der Waals surface area contributed by atoms with Crippen LogP contribution in [0.1, 0.15) is 34.4 Å². The number of hydrogen-bond acceptors (Lipinski definition) is 5. The highest BCUT2D eigenvalue weighted by molar-refractivity contribution is 7.91. The molecule has 5 nitrogen and oxygen atoms in total. The van der Waals surface area contributed by atoms with Crippen molar-refractivity contribution in [3.8, 4) is 0 Å². The fourth-order valence-corrected chi connectivity index (χ4v) is 5.53. The number of aromatic nitrogens is 1. The van der Waals surface area contributed by atoms with Crippen molar-refractivity contribution in [3.05, 3.63) is 52.0 Å². The van der Waals surface area contributed by atoms with Gasteiger partial charge in [0.25, 0.3) is 5.91 Å². The monoisotopic (exact) mass is 364 g/mol. The number of thiazole rings is 1. The predicted octanol–water partition coefficient (Wildman–Crippen LogP) is 2.38. The fourth-order valence-electron chi connectivity index (χ4n) is 3.00. The Labute approximate surface area is 146 Å². The first-order chi connectivity index (χ1) is 11.5. The maximum atomic E-state index is 12.7. The molecule has 0 bridgehead atoms. The molecule has 0 radical (unpaired) electrons. The summed E-state index contributed by atoms with van der Waals surface area (Å²) in [6, 6.07) is 9.76. The number of sulfone groups is 1. The number of rotatable bonds is 5. The number of carbonyl (C=O) groups is 1. The summed E-state index contributed by atoms with van der Waals surface area (Å²) in [5.74, 6) is 0.0564. The third kappa shape index (κ3) is 3.84. The molecule has 24 heavy (non-hydrogen) atoms. The van der Waals surface area contributed by atoms with Crippen molar-refractivity contribution in [2.24, 2.45) is 0 Å². The lowest BCUT2D eigenvalue weighted by Gasteiger charge is -2.25. The third-order valence-corrected chi connectivity index (χ3v) is 6.82. The van der Waals surface area contributed by atoms with Gasteiger partial charge in [0.1, 0.15) is 5.69 Å². The molecule has 1 aromatic heterocycles. The average Bonchev–Trinajstić information content (AvgIpc) is 3.16. The van der Waals surface area contributed by atoms with Gasteiger partial charge in [-0.05, 0) is 18.9 Å². The van der Waals surface area contributed by atoms with Crippen LogP contribution >= 0.6 is 11.3 Å². The largest absolute Gasteiger partial charge is 0.334 e. The van der Waals surface area contributed by atoms with Gasteiger partial charge in [0, 0.05) is 24.4 Å². The van der Waals surface area contributed by atoms with Gasteiger partial charge in [-0.2, -0.15) is 0 Å². The van der Waals surface area contributed by atoms with Crippen molar-refractivity contribution in [2.75, 3.05) is 18.1 Å². The molecule has 1 aromatic carbocycles. The van der Waals surface area contributed by atoms with Gasteiger partial charge in [-0.15, -0.1) is 11.3 Å². The molecular formula is C17H20N2O3S2. The van der Waals surface area contributed by atoms with Crippen LogP contribution in [0, 0.1) is 0 Å². The zero-order valence-electron chi connectivity index (χ0n) is 13.5. The Hall–Kier alpha value is -1.73. The molecule has 1 atom stereocenters. The van der Waals surface area contributed by atoms with E-state index in [0.29, 0.717) is 25.1 Å². The molecule has 1 aliphatic rings. The maximum Gasteiger partial charge on any atom is 0.273 e. The quantitative estimate of drug-likeness (QED) is 0.817. The fraction of sp³-hybridized carbons (Fsp3) is 0.412. The van der Waals surface area contributed by atoms with E-state index in [0.717, 1.165) is 10.6 Å². The van der Waals surface area contributed by atoms with Gasteiger partial charge in [-0.3, -0.25) is 4.79 Å². The lowest BCUT2D eigenvalue weighted by Crippen LogP contribution is -2.41. The average molecular weight is 364 g/mol. The first-order valence-corrected chi connectivity index (χ1v) is 10.7. The zero-order valence-corrected chi connectivity index (χ0v) is 15.1. The molecule has 2 heterocycles. The summed E-state index contributed by atoms with van der Waals surface area (Å²) < 4.78 is 23.4. The Morgan fingerprint density at radius 3 is 2.71 bits per heavy atom. The number of hydrogen-bond donors (Lipinski definition) is 0. The summed E-state index contributed by atoms with van der Waals surface area (Å²) in [6.07, 6.45) is 1.21. The molecule has 7 heteroatoms. The standard InChI is InChI=1S/C17H20N2O3S2/c1-2-19(14-8-9-24(21,22)12-14)17(20)15-11-23-16(18-15)10-13-6-4-3-5-7-13/h3-7,11,14H,2,8-10,12H2,1H3. The van der Waals surface area contributed by atoms with E-state index in [9.17, 15) is 13.2 Å². The highest BCUT2D eigenvalue weighted by Crippen LogP contribution is 2.21. The molecule has 2 aromatic rings. The molecule has 1 fully saturated rings. The smallest absolute Gasteiger partial charge is 0.273 e. The van der Waals surface area contributed by atoms with Crippen LogP contribution in [-0.2, 0) is 16.3 Å². The highest BCUT2D eigenvalue weighted by Gasteiger charge is 2.34. The molecular weight excluding hydrogens is 344 g/mol. The molecule has 1 amide bonds. The second-order valence-corrected chi connectivity index (χ2v) is 9.11. The molecule has 0 spiro atoms. The summed E-state index contributed by atoms with van der Waals surface area (Å²) in [5, 5.41) is 2.66. The summed E-state index contributed by atoms with van der Waals surface area (Å²) in [5.41, 5.74) is 1.57. The predicted molar refractivity (Wildman–Crippen MR) is 95.1 cm³/mol. The second kappa shape index (κ2) is 7.03. The Morgan fingerprint density at radius 2 is 2.08 bits per heavy atom. The lowest BCUT2D eigenvalue weighted by molar-refractivity contribution is 0.0703. The highest BCUT2D eigenvalue weighted by atomic mass is 32.2. The van der Waals surface area contributed by atoms with Crippen molar-refractivity contribution in [1.29, 1.82) is 0 Å². The van der Waals surface area contributed by atoms with E-state index in [1.165, 1.54) is 11.3 Å². The van der Waals surface area contributed by atoms with E-state index in [-0.39, 0.29) is 23.5 Å². The van der Waals surface area contributed by atoms with Gasteiger partial charge < -0.3 is 4.90 Å². The molecule has 0 aliphatic carbocycles. The molecule has 0 saturated carbocycles. The molecule has 1 unspecified atom stereocenters. The topological polar surface area (TPSA) is 67.3 Å². The molecule has 3 rings (SSSR count). The number of amides is 1. The van der Waals surface area contributed by atoms with Crippen LogP contribution in [0.15, 0.2) is 35.7 Å². The molecule has 1 saturated heterocycles. The van der Waals surface area contributed by atoms with E-state index in [2.05, 4.69) is 4.98 Å². The van der Waals surface area contributed by atoms with Crippen LogP contribution in [0.25, 0.3) is 0 Å². The van der Waals surface area contributed by atoms with Crippen molar-refractivity contribution in [3.63, 3.8) is 0 Å². The first kappa shape index (κ1) is 17.1. The lowest BCUT2D eigenvalue weighted by atomic mass is 10.2. The van der Waals surface area contributed by atoms with Crippen LogP contribution in [0.2, 0.25) is 0 Å². The van der Waals surface area contributed by atoms with Gasteiger partial charge in [-0.1, -0.05) is 30.3 Å². The van der Waals surface area contributed by atoms with E-state index >= 15 is 0 Å². The van der Waals surface area contributed by atoms with E-state index in [4.69, 9.17) is 0 Å². The Morgan fingerprint density at radius 1 is 1.33 bits per heavy atom. The summed E-state index contributed by atoms with van der Waals surface area (Å²) in [6.45, 7) is 2.37. The van der Waals surface area contributed by atoms with Crippen LogP contribution in [0.5, 0.6) is 0 Å². The SMILES string of the molecule is CCN(C(=O)c1csc(Cc2ccccc2)n1)C1CCS(=O)(=O)C1. The van der Waals surface area contributed by atoms with E-state index < -0.39 is 9.84 Å². The number of carbonyl (C=O) groups excluding carboxylic acids is 1. The van der Waals surface area contributed by atoms with Crippen LogP contribution in [0.4, 0.5) is 0 Å². The normalized spacial score (nSPS) is 19.3. The minimum atomic E-state index is -3.01. The van der Waals surface area contributed by atoms with Crippen molar-refractivity contribution in [1.82, 2.24) is 9.88 Å². The van der Waals surface area contributed by atoms with Crippen molar-refractivity contribution < 1.29 is 13.2 Å². The van der Waals surface area contributed by atoms with Gasteiger partial charge in [0.05, 0.1) is 16.5 Å². The van der Waals surface area contributed by atoms with E-state index in [1.807, 2.05) is 37.3 Å². The second-order valence-electron chi connectivity index (χ2n) is 5.94. The molecule has 1 aliphatic heterocycles. The van der Waals surface area contributed by atoms with Crippen molar-refractivity contribution >= 4 is 27.1 Å². The third-order valence-electron chi connectivity index (χ3n) is 4.22. The molecule has 128 valence electrons. The minimum Gasteiger partial charge on any atom is -0.334 e. The van der Waals surface area contributed by atoms with Gasteiger partial charge in [0.2, 0.25) is 0 Å². The maximum absolute atomic E-state index is 12.7. The summed E-state index contributed by atoms with van der Waals surface area (Å²) in [4.78, 5) is 18.8. The summed E-state index contributed by atoms with van der Waals surface area (Å²) >= 11 is 1.47. The number of nitrogens with zero attached hydrogens (tertiary/aromatic N) is 2. The van der Waals surface area contributed by atoms with Crippen LogP contribution in [-0.4, -0.2) is 48.3 Å². The first-order valence-electron chi connectivity index (χ1n) is 7.98. The van der Waals surface area contributed by atoms with Crippen molar-refractivity contribution in [2.45, 2.75) is 25.8 Å². The Balaban J connectivity index is 1.72. The summed E-state index contributed by atoms with van der Waals surface area (Å²) in [7, 11) is -3.01. The number of benzene rings is 1. The van der Waals surface area contributed by atoms with Crippen LogP contribution in [0.3, 0.4) is 0 Å². The van der Waals surface area contributed by atoms with Crippen LogP contribution < -0.4 is 0 Å². The molecule has 0 N–H and O–H groups in total. The minimum absolute atomic E-state index is 0.0631. The Kier molecular flexibility index (Phi) is 5.01. The van der Waals surface area contributed by atoms with Gasteiger partial charge in [0.15, 0.2) is 9.84 Å². The Bertz CT molecular complexity index is 815. The zero-order chi connectivity index (χ0) is 17.2. The van der Waals surface area contributed by atoms with Gasteiger partial charge in [-0.25, -0.2) is 13.4 Å². The van der Waals surface area contributed by atoms with Gasteiger partial charge >= 0.3 is 0 Å².